The Bertz CT molecular complexity index is 1660. The molecule has 5 aromatic rings. The van der Waals surface area contributed by atoms with Crippen LogP contribution in [0, 0.1) is 0 Å². The van der Waals surface area contributed by atoms with Gasteiger partial charge in [0.2, 0.25) is 0 Å². The molecular formula is C32H30N4O4. The molecule has 0 saturated carbocycles. The zero-order chi connectivity index (χ0) is 27.6. The van der Waals surface area contributed by atoms with Gasteiger partial charge in [0, 0.05) is 50.0 Å². The topological polar surface area (TPSA) is 80.3 Å². The molecule has 0 unspecified atom stereocenters. The van der Waals surface area contributed by atoms with Crippen molar-refractivity contribution in [2.24, 2.45) is 0 Å². The number of furan rings is 1. The second-order valence-electron chi connectivity index (χ2n) is 9.96. The van der Waals surface area contributed by atoms with Crippen LogP contribution in [-0.4, -0.2) is 64.2 Å². The van der Waals surface area contributed by atoms with Gasteiger partial charge in [-0.05, 0) is 54.4 Å². The standard InChI is InChI=1S/C32H30N4O4/c1-22(37)23-8-10-24(11-9-23)26-12-13-30-33-31(25-5-3-6-27(19-25)39-2)28(36(30)20-26)21-34-14-16-35(17-15-34)32(38)29-7-4-18-40-29/h3-13,18-20H,14-17,21H2,1-2H3. The van der Waals surface area contributed by atoms with Gasteiger partial charge in [-0.25, -0.2) is 4.98 Å². The fourth-order valence-electron chi connectivity index (χ4n) is 5.19. The molecule has 3 aromatic heterocycles. The number of nitrogens with zero attached hydrogens (tertiary/aromatic N) is 4. The molecule has 1 fully saturated rings. The molecule has 2 aromatic carbocycles. The van der Waals surface area contributed by atoms with E-state index in [0.29, 0.717) is 31.0 Å². The zero-order valence-electron chi connectivity index (χ0n) is 22.5. The third kappa shape index (κ3) is 5.01. The van der Waals surface area contributed by atoms with Gasteiger partial charge >= 0.3 is 0 Å². The number of piperazine rings is 1. The molecule has 1 amide bonds. The van der Waals surface area contributed by atoms with Crippen molar-refractivity contribution >= 4 is 17.3 Å². The van der Waals surface area contributed by atoms with Crippen LogP contribution in [0.2, 0.25) is 0 Å². The van der Waals surface area contributed by atoms with Gasteiger partial charge in [-0.15, -0.1) is 0 Å². The van der Waals surface area contributed by atoms with Gasteiger partial charge < -0.3 is 18.5 Å². The Morgan fingerprint density at radius 1 is 0.900 bits per heavy atom. The molecule has 0 atom stereocenters. The maximum absolute atomic E-state index is 12.8. The van der Waals surface area contributed by atoms with Crippen LogP contribution in [0.4, 0.5) is 0 Å². The largest absolute Gasteiger partial charge is 0.497 e. The Labute approximate surface area is 232 Å². The summed E-state index contributed by atoms with van der Waals surface area (Å²) >= 11 is 0. The third-order valence-corrected chi connectivity index (χ3v) is 7.45. The molecule has 0 N–H and O–H groups in total. The van der Waals surface area contributed by atoms with Crippen molar-refractivity contribution in [3.63, 3.8) is 0 Å². The predicted octanol–water partition coefficient (Wildman–Crippen LogP) is 5.43. The number of hydrogen-bond acceptors (Lipinski definition) is 6. The van der Waals surface area contributed by atoms with E-state index in [1.165, 1.54) is 6.26 Å². The number of benzene rings is 2. The minimum atomic E-state index is -0.0723. The van der Waals surface area contributed by atoms with Crippen LogP contribution >= 0.6 is 0 Å². The van der Waals surface area contributed by atoms with E-state index in [0.717, 1.165) is 52.6 Å². The number of hydrogen-bond donors (Lipinski definition) is 0. The molecule has 6 rings (SSSR count). The van der Waals surface area contributed by atoms with Gasteiger partial charge in [-0.1, -0.05) is 36.4 Å². The van der Waals surface area contributed by atoms with Crippen LogP contribution < -0.4 is 4.74 Å². The van der Waals surface area contributed by atoms with Crippen LogP contribution in [0.1, 0.15) is 33.5 Å². The van der Waals surface area contributed by atoms with Crippen molar-refractivity contribution < 1.29 is 18.7 Å². The summed E-state index contributed by atoms with van der Waals surface area (Å²) in [6, 6.07) is 23.2. The highest BCUT2D eigenvalue weighted by Crippen LogP contribution is 2.30. The molecule has 40 heavy (non-hydrogen) atoms. The van der Waals surface area contributed by atoms with Gasteiger partial charge in [0.05, 0.1) is 24.8 Å². The van der Waals surface area contributed by atoms with Gasteiger partial charge in [0.25, 0.3) is 5.91 Å². The highest BCUT2D eigenvalue weighted by Gasteiger charge is 2.25. The van der Waals surface area contributed by atoms with E-state index in [1.54, 1.807) is 26.2 Å². The molecule has 4 heterocycles. The quantitative estimate of drug-likeness (QED) is 0.259. The monoisotopic (exact) mass is 534 g/mol. The van der Waals surface area contributed by atoms with Crippen molar-refractivity contribution in [3.05, 3.63) is 102 Å². The summed E-state index contributed by atoms with van der Waals surface area (Å²) < 4.78 is 13.0. The molecule has 0 radical (unpaired) electrons. The summed E-state index contributed by atoms with van der Waals surface area (Å²) in [7, 11) is 1.66. The summed E-state index contributed by atoms with van der Waals surface area (Å²) in [6.07, 6.45) is 3.64. The smallest absolute Gasteiger partial charge is 0.289 e. The Hall–Kier alpha value is -4.69. The lowest BCUT2D eigenvalue weighted by atomic mass is 10.0. The number of ether oxygens (including phenoxy) is 1. The van der Waals surface area contributed by atoms with E-state index in [9.17, 15) is 9.59 Å². The lowest BCUT2D eigenvalue weighted by molar-refractivity contribution is 0.0596. The second kappa shape index (κ2) is 10.8. The van der Waals surface area contributed by atoms with Gasteiger partial charge in [0.1, 0.15) is 11.4 Å². The van der Waals surface area contributed by atoms with Gasteiger partial charge in [-0.2, -0.15) is 0 Å². The summed E-state index contributed by atoms with van der Waals surface area (Å²) in [5.41, 5.74) is 6.55. The average molecular weight is 535 g/mol. The first kappa shape index (κ1) is 25.6. The number of methoxy groups -OCH3 is 1. The molecule has 1 aliphatic rings. The van der Waals surface area contributed by atoms with Crippen LogP contribution in [0.15, 0.2) is 89.7 Å². The summed E-state index contributed by atoms with van der Waals surface area (Å²) in [5.74, 6) is 1.13. The Morgan fingerprint density at radius 3 is 2.38 bits per heavy atom. The van der Waals surface area contributed by atoms with Crippen molar-refractivity contribution in [3.8, 4) is 28.1 Å². The molecule has 202 valence electrons. The van der Waals surface area contributed by atoms with E-state index < -0.39 is 0 Å². The van der Waals surface area contributed by atoms with Crippen molar-refractivity contribution in [1.82, 2.24) is 19.2 Å². The van der Waals surface area contributed by atoms with Gasteiger partial charge in [-0.3, -0.25) is 14.5 Å². The maximum Gasteiger partial charge on any atom is 0.289 e. The highest BCUT2D eigenvalue weighted by atomic mass is 16.5. The predicted molar refractivity (Wildman–Crippen MR) is 153 cm³/mol. The summed E-state index contributed by atoms with van der Waals surface area (Å²) in [6.45, 7) is 4.97. The number of imidazole rings is 1. The fourth-order valence-corrected chi connectivity index (χ4v) is 5.19. The number of ketones is 1. The molecule has 8 nitrogen and oxygen atoms in total. The van der Waals surface area contributed by atoms with Crippen molar-refractivity contribution in [1.29, 1.82) is 0 Å². The summed E-state index contributed by atoms with van der Waals surface area (Å²) in [5, 5.41) is 0. The normalized spacial score (nSPS) is 14.0. The molecule has 8 heteroatoms. The third-order valence-electron chi connectivity index (χ3n) is 7.45. The van der Waals surface area contributed by atoms with Crippen LogP contribution in [0.3, 0.4) is 0 Å². The number of pyridine rings is 1. The highest BCUT2D eigenvalue weighted by molar-refractivity contribution is 5.94. The van der Waals surface area contributed by atoms with Crippen LogP contribution in [0.25, 0.3) is 28.0 Å². The Morgan fingerprint density at radius 2 is 1.68 bits per heavy atom. The number of fused-ring (bicyclic) bond motifs is 1. The number of carbonyl (C=O) groups is 2. The van der Waals surface area contributed by atoms with Gasteiger partial charge in [0.15, 0.2) is 11.5 Å². The number of carbonyl (C=O) groups excluding carboxylic acids is 2. The fraction of sp³-hybridized carbons (Fsp3) is 0.219. The molecule has 1 saturated heterocycles. The minimum absolute atomic E-state index is 0.0489. The number of Topliss-reactive ketones (excluding diaryl/α,β-unsaturated/α-hetero) is 1. The van der Waals surface area contributed by atoms with Crippen molar-refractivity contribution in [2.75, 3.05) is 33.3 Å². The number of rotatable bonds is 7. The lowest BCUT2D eigenvalue weighted by Crippen LogP contribution is -2.48. The van der Waals surface area contributed by atoms with E-state index >= 15 is 0 Å². The van der Waals surface area contributed by atoms with E-state index in [1.807, 2.05) is 53.4 Å². The lowest BCUT2D eigenvalue weighted by Gasteiger charge is -2.34. The summed E-state index contributed by atoms with van der Waals surface area (Å²) in [4.78, 5) is 33.7. The molecule has 1 aliphatic heterocycles. The maximum atomic E-state index is 12.8. The Kier molecular flexibility index (Phi) is 6.92. The second-order valence-corrected chi connectivity index (χ2v) is 9.96. The van der Waals surface area contributed by atoms with Crippen LogP contribution in [-0.2, 0) is 6.54 Å². The van der Waals surface area contributed by atoms with E-state index in [-0.39, 0.29) is 11.7 Å². The zero-order valence-corrected chi connectivity index (χ0v) is 22.5. The molecule has 0 bridgehead atoms. The first-order valence-corrected chi connectivity index (χ1v) is 13.3. The van der Waals surface area contributed by atoms with Crippen LogP contribution in [0.5, 0.6) is 5.75 Å². The average Bonchev–Trinajstić information content (AvgIpc) is 3.66. The SMILES string of the molecule is COc1cccc(-c2nc3ccc(-c4ccc(C(C)=O)cc4)cn3c2CN2CCN(C(=O)c3ccco3)CC2)c1. The Balaban J connectivity index is 1.33. The first-order chi connectivity index (χ1) is 19.5. The number of amides is 1. The first-order valence-electron chi connectivity index (χ1n) is 13.3. The van der Waals surface area contributed by atoms with Crippen molar-refractivity contribution in [2.45, 2.75) is 13.5 Å². The van der Waals surface area contributed by atoms with E-state index in [4.69, 9.17) is 14.1 Å². The minimum Gasteiger partial charge on any atom is -0.497 e. The molecular weight excluding hydrogens is 504 g/mol. The number of aromatic nitrogens is 2. The van der Waals surface area contributed by atoms with E-state index in [2.05, 4.69) is 27.6 Å². The molecule has 0 aliphatic carbocycles. The molecule has 0 spiro atoms.